The Balaban J connectivity index is 1.28. The Morgan fingerprint density at radius 2 is 1.36 bits per heavy atom. The molecule has 3 rings (SSSR count). The number of aryl methyl sites for hydroxylation is 1. The standard InChI is InChI=1S/C26H43NO/c1-3-19-28-26-18-17-25(27-20-26)16-15-24-13-11-23(12-14-24)10-9-22-7-5-21(4-2)6-8-22/h17-18,20-24H,3-16,19H2,1-2H3. The van der Waals surface area contributed by atoms with Crippen LogP contribution in [-0.4, -0.2) is 11.6 Å². The van der Waals surface area contributed by atoms with Crippen molar-refractivity contribution in [1.82, 2.24) is 4.98 Å². The first-order chi connectivity index (χ1) is 13.8. The van der Waals surface area contributed by atoms with Crippen molar-refractivity contribution in [2.75, 3.05) is 6.61 Å². The first kappa shape index (κ1) is 21.7. The van der Waals surface area contributed by atoms with Gasteiger partial charge in [0.15, 0.2) is 0 Å². The summed E-state index contributed by atoms with van der Waals surface area (Å²) in [5.41, 5.74) is 1.23. The highest BCUT2D eigenvalue weighted by Crippen LogP contribution is 2.38. The summed E-state index contributed by atoms with van der Waals surface area (Å²) in [7, 11) is 0. The Morgan fingerprint density at radius 3 is 1.86 bits per heavy atom. The summed E-state index contributed by atoms with van der Waals surface area (Å²) in [5, 5.41) is 0. The second-order valence-corrected chi connectivity index (χ2v) is 9.63. The first-order valence-electron chi connectivity index (χ1n) is 12.3. The van der Waals surface area contributed by atoms with Crippen molar-refractivity contribution in [3.63, 3.8) is 0 Å². The molecule has 0 spiro atoms. The molecule has 1 heterocycles. The maximum atomic E-state index is 5.63. The average molecular weight is 386 g/mol. The molecule has 1 aromatic heterocycles. The van der Waals surface area contributed by atoms with Crippen molar-refractivity contribution >= 4 is 0 Å². The minimum Gasteiger partial charge on any atom is -0.492 e. The molecule has 0 unspecified atom stereocenters. The summed E-state index contributed by atoms with van der Waals surface area (Å²) in [6.45, 7) is 5.29. The third-order valence-corrected chi connectivity index (χ3v) is 7.57. The van der Waals surface area contributed by atoms with Gasteiger partial charge < -0.3 is 4.74 Å². The van der Waals surface area contributed by atoms with Crippen molar-refractivity contribution in [3.05, 3.63) is 24.0 Å². The van der Waals surface area contributed by atoms with E-state index in [0.29, 0.717) is 0 Å². The molecule has 28 heavy (non-hydrogen) atoms. The van der Waals surface area contributed by atoms with Crippen molar-refractivity contribution in [2.45, 2.75) is 104 Å². The minimum atomic E-state index is 0.782. The molecular weight excluding hydrogens is 342 g/mol. The van der Waals surface area contributed by atoms with Gasteiger partial charge in [-0.25, -0.2) is 0 Å². The largest absolute Gasteiger partial charge is 0.492 e. The van der Waals surface area contributed by atoms with Gasteiger partial charge in [-0.15, -0.1) is 0 Å². The predicted octanol–water partition coefficient (Wildman–Crippen LogP) is 7.61. The summed E-state index contributed by atoms with van der Waals surface area (Å²) < 4.78 is 5.63. The highest BCUT2D eigenvalue weighted by atomic mass is 16.5. The molecule has 2 nitrogen and oxygen atoms in total. The summed E-state index contributed by atoms with van der Waals surface area (Å²) in [6.07, 6.45) is 21.7. The van der Waals surface area contributed by atoms with E-state index in [-0.39, 0.29) is 0 Å². The van der Waals surface area contributed by atoms with Crippen LogP contribution in [0.1, 0.15) is 103 Å². The SMILES string of the molecule is CCCOc1ccc(CCC2CCC(CCC3CCC(CC)CC3)CC2)nc1. The fraction of sp³-hybridized carbons (Fsp3) is 0.808. The first-order valence-corrected chi connectivity index (χ1v) is 12.3. The second-order valence-electron chi connectivity index (χ2n) is 9.63. The zero-order valence-electron chi connectivity index (χ0n) is 18.5. The van der Waals surface area contributed by atoms with Gasteiger partial charge in [0.05, 0.1) is 12.8 Å². The number of aromatic nitrogens is 1. The summed E-state index contributed by atoms with van der Waals surface area (Å²) in [6, 6.07) is 4.24. The minimum absolute atomic E-state index is 0.782. The molecule has 0 N–H and O–H groups in total. The van der Waals surface area contributed by atoms with Crippen LogP contribution < -0.4 is 4.74 Å². The van der Waals surface area contributed by atoms with Crippen LogP contribution in [0.3, 0.4) is 0 Å². The third kappa shape index (κ3) is 7.08. The fourth-order valence-electron chi connectivity index (χ4n) is 5.42. The van der Waals surface area contributed by atoms with Crippen LogP contribution in [0.2, 0.25) is 0 Å². The van der Waals surface area contributed by atoms with Gasteiger partial charge in [0.25, 0.3) is 0 Å². The van der Waals surface area contributed by atoms with Gasteiger partial charge in [-0.05, 0) is 55.1 Å². The lowest BCUT2D eigenvalue weighted by molar-refractivity contribution is 0.211. The molecule has 0 amide bonds. The highest BCUT2D eigenvalue weighted by Gasteiger charge is 2.24. The number of rotatable bonds is 10. The lowest BCUT2D eigenvalue weighted by Crippen LogP contribution is -2.18. The van der Waals surface area contributed by atoms with Crippen LogP contribution in [0.25, 0.3) is 0 Å². The molecule has 0 aromatic carbocycles. The van der Waals surface area contributed by atoms with Crippen molar-refractivity contribution < 1.29 is 4.74 Å². The molecule has 2 aliphatic rings. The molecular formula is C26H43NO. The van der Waals surface area contributed by atoms with E-state index in [1.165, 1.54) is 82.7 Å². The Bertz CT molecular complexity index is 524. The Kier molecular flexibility index (Phi) is 9.15. The van der Waals surface area contributed by atoms with Crippen LogP contribution in [0.5, 0.6) is 5.75 Å². The van der Waals surface area contributed by atoms with E-state index in [0.717, 1.165) is 48.9 Å². The molecule has 0 saturated heterocycles. The highest BCUT2D eigenvalue weighted by molar-refractivity contribution is 5.19. The van der Waals surface area contributed by atoms with E-state index in [1.807, 2.05) is 6.20 Å². The van der Waals surface area contributed by atoms with Crippen LogP contribution in [0, 0.1) is 23.7 Å². The molecule has 0 bridgehead atoms. The zero-order chi connectivity index (χ0) is 19.6. The lowest BCUT2D eigenvalue weighted by atomic mass is 9.74. The molecule has 2 heteroatoms. The average Bonchev–Trinajstić information content (AvgIpc) is 2.76. The van der Waals surface area contributed by atoms with E-state index in [1.54, 1.807) is 0 Å². The smallest absolute Gasteiger partial charge is 0.137 e. The van der Waals surface area contributed by atoms with Gasteiger partial charge in [-0.1, -0.05) is 84.5 Å². The Morgan fingerprint density at radius 1 is 0.786 bits per heavy atom. The van der Waals surface area contributed by atoms with E-state index >= 15 is 0 Å². The van der Waals surface area contributed by atoms with Gasteiger partial charge in [0.2, 0.25) is 0 Å². The van der Waals surface area contributed by atoms with Gasteiger partial charge in [-0.3, -0.25) is 4.98 Å². The van der Waals surface area contributed by atoms with Gasteiger partial charge in [0, 0.05) is 5.69 Å². The maximum absolute atomic E-state index is 5.63. The molecule has 2 aliphatic carbocycles. The van der Waals surface area contributed by atoms with Gasteiger partial charge in [0.1, 0.15) is 5.75 Å². The predicted molar refractivity (Wildman–Crippen MR) is 119 cm³/mol. The molecule has 2 saturated carbocycles. The van der Waals surface area contributed by atoms with Crippen LogP contribution in [-0.2, 0) is 6.42 Å². The maximum Gasteiger partial charge on any atom is 0.137 e. The lowest BCUT2D eigenvalue weighted by Gasteiger charge is -2.31. The topological polar surface area (TPSA) is 22.1 Å². The van der Waals surface area contributed by atoms with Gasteiger partial charge >= 0.3 is 0 Å². The Hall–Kier alpha value is -1.05. The van der Waals surface area contributed by atoms with Crippen molar-refractivity contribution in [2.24, 2.45) is 23.7 Å². The van der Waals surface area contributed by atoms with Crippen LogP contribution in [0.15, 0.2) is 18.3 Å². The third-order valence-electron chi connectivity index (χ3n) is 7.57. The van der Waals surface area contributed by atoms with Crippen LogP contribution in [0.4, 0.5) is 0 Å². The second kappa shape index (κ2) is 11.8. The molecule has 0 atom stereocenters. The summed E-state index contributed by atoms with van der Waals surface area (Å²) in [4.78, 5) is 4.60. The Labute approximate surface area is 173 Å². The summed E-state index contributed by atoms with van der Waals surface area (Å²) >= 11 is 0. The van der Waals surface area contributed by atoms with Crippen molar-refractivity contribution in [3.8, 4) is 5.75 Å². The number of nitrogens with zero attached hydrogens (tertiary/aromatic N) is 1. The number of ether oxygens (including phenoxy) is 1. The number of hydrogen-bond donors (Lipinski definition) is 0. The van der Waals surface area contributed by atoms with Gasteiger partial charge in [-0.2, -0.15) is 0 Å². The summed E-state index contributed by atoms with van der Waals surface area (Å²) in [5.74, 6) is 4.95. The van der Waals surface area contributed by atoms with E-state index < -0.39 is 0 Å². The van der Waals surface area contributed by atoms with E-state index in [2.05, 4.69) is 31.0 Å². The molecule has 0 radical (unpaired) electrons. The van der Waals surface area contributed by atoms with E-state index in [9.17, 15) is 0 Å². The monoisotopic (exact) mass is 385 g/mol. The quantitative estimate of drug-likeness (QED) is 0.413. The van der Waals surface area contributed by atoms with E-state index in [4.69, 9.17) is 4.74 Å². The van der Waals surface area contributed by atoms with Crippen molar-refractivity contribution in [1.29, 1.82) is 0 Å². The molecule has 158 valence electrons. The molecule has 0 aliphatic heterocycles. The zero-order valence-corrected chi connectivity index (χ0v) is 18.5. The molecule has 2 fully saturated rings. The van der Waals surface area contributed by atoms with Crippen LogP contribution >= 0.6 is 0 Å². The molecule has 1 aromatic rings. The number of pyridine rings is 1. The number of hydrogen-bond acceptors (Lipinski definition) is 2. The fourth-order valence-corrected chi connectivity index (χ4v) is 5.42. The normalized spacial score (nSPS) is 28.2.